The second kappa shape index (κ2) is 23.9. The molecule has 0 aromatic heterocycles. The average Bonchev–Trinajstić information content (AvgIpc) is 1.54. The van der Waals surface area contributed by atoms with Crippen LogP contribution in [0.1, 0.15) is 41.5 Å². The summed E-state index contributed by atoms with van der Waals surface area (Å²) in [5.41, 5.74) is 0. The van der Waals surface area contributed by atoms with Crippen LogP contribution in [0.15, 0.2) is 0 Å². The fraction of sp³-hybridized carbons (Fsp3) is 0.750. The fourth-order valence-corrected chi connectivity index (χ4v) is 0. The van der Waals surface area contributed by atoms with Crippen molar-refractivity contribution in [1.82, 2.24) is 0 Å². The summed E-state index contributed by atoms with van der Waals surface area (Å²) >= 11 is 0. The molecule has 0 unspecified atom stereocenters. The Morgan fingerprint density at radius 1 is 0.571 bits per heavy atom. The first-order chi connectivity index (χ1) is 5.20. The second-order valence-corrected chi connectivity index (χ2v) is 4.18. The summed E-state index contributed by atoms with van der Waals surface area (Å²) in [4.78, 5) is 0. The van der Waals surface area contributed by atoms with Gasteiger partial charge in [-0.05, 0) is 0 Å². The van der Waals surface area contributed by atoms with Crippen molar-refractivity contribution in [3.05, 3.63) is 20.8 Å². The molecule has 0 aliphatic rings. The predicted molar refractivity (Wildman–Crippen MR) is 60.6 cm³/mol. The number of hydrogen-bond acceptors (Lipinski definition) is 0. The minimum atomic E-state index is 0. The molecule has 0 N–H and O–H groups in total. The minimum Gasteiger partial charge on any atom is -1.00 e. The van der Waals surface area contributed by atoms with E-state index in [1.54, 1.807) is 0 Å². The Labute approximate surface area is 123 Å². The van der Waals surface area contributed by atoms with E-state index < -0.39 is 0 Å². The molecule has 0 aliphatic heterocycles. The van der Waals surface area contributed by atoms with Gasteiger partial charge in [-0.25, -0.2) is 0 Å². The third-order valence-corrected chi connectivity index (χ3v) is 0. The summed E-state index contributed by atoms with van der Waals surface area (Å²) < 4.78 is 0. The third kappa shape index (κ3) is 1100. The minimum absolute atomic E-state index is 0. The molecule has 0 saturated heterocycles. The second-order valence-electron chi connectivity index (χ2n) is 4.18. The molecule has 0 rings (SSSR count). The maximum atomic E-state index is 3.64. The van der Waals surface area contributed by atoms with Gasteiger partial charge in [-0.15, -0.1) is 0 Å². The molecular weight excluding hydrogens is 315 g/mol. The molecule has 0 aliphatic carbocycles. The van der Waals surface area contributed by atoms with Crippen LogP contribution >= 0.6 is 0 Å². The molecule has 14 heavy (non-hydrogen) atoms. The summed E-state index contributed by atoms with van der Waals surface area (Å²) in [6.07, 6.45) is 0. The van der Waals surface area contributed by atoms with Gasteiger partial charge in [-0.1, -0.05) is 41.5 Å². The number of rotatable bonds is 0. The summed E-state index contributed by atoms with van der Waals surface area (Å²) in [5, 5.41) is 0. The maximum absolute atomic E-state index is 3.64. The zero-order valence-corrected chi connectivity index (χ0v) is 14.8. The van der Waals surface area contributed by atoms with Crippen LogP contribution in [0.5, 0.6) is 0 Å². The number of hydrogen-bond donors (Lipinski definition) is 0. The number of halogens is 1. The molecule has 0 nitrogen and oxygen atoms in total. The van der Waals surface area contributed by atoms with Crippen molar-refractivity contribution in [2.24, 2.45) is 17.8 Å². The van der Waals surface area contributed by atoms with E-state index >= 15 is 0 Å². The van der Waals surface area contributed by atoms with E-state index in [0.717, 1.165) is 0 Å². The molecule has 86 valence electrons. The Bertz CT molecular complexity index is 38.8. The normalized spacial score (nSPS) is 7.71. The van der Waals surface area contributed by atoms with Crippen molar-refractivity contribution < 1.29 is 43.2 Å². The Morgan fingerprint density at radius 2 is 0.571 bits per heavy atom. The predicted octanol–water partition coefficient (Wildman–Crippen LogP) is 1.43. The van der Waals surface area contributed by atoms with Gasteiger partial charge in [0.25, 0.3) is 0 Å². The SMILES string of the molecule is [Br-].[CH2-]C(C)C.[CH2-]C(C)C.[CH2-]C(C)C.[Zr+4]. The first-order valence-electron chi connectivity index (χ1n) is 4.69. The Kier molecular flexibility index (Phi) is 50.3. The van der Waals surface area contributed by atoms with Gasteiger partial charge in [0.2, 0.25) is 0 Å². The van der Waals surface area contributed by atoms with Crippen LogP contribution in [0.3, 0.4) is 0 Å². The van der Waals surface area contributed by atoms with Gasteiger partial charge < -0.3 is 37.8 Å². The zero-order chi connectivity index (χ0) is 10.7. The topological polar surface area (TPSA) is 0 Å². The van der Waals surface area contributed by atoms with Crippen LogP contribution in [-0.4, -0.2) is 0 Å². The summed E-state index contributed by atoms with van der Waals surface area (Å²) in [7, 11) is 0. The van der Waals surface area contributed by atoms with Gasteiger partial charge in [0.15, 0.2) is 0 Å². The summed E-state index contributed by atoms with van der Waals surface area (Å²) in [6, 6.07) is 0. The smallest absolute Gasteiger partial charge is 1.00 e. The first-order valence-corrected chi connectivity index (χ1v) is 4.69. The molecule has 0 heterocycles. The van der Waals surface area contributed by atoms with Crippen molar-refractivity contribution in [2.45, 2.75) is 41.5 Å². The van der Waals surface area contributed by atoms with Crippen molar-refractivity contribution >= 4 is 0 Å². The quantitative estimate of drug-likeness (QED) is 0.584. The van der Waals surface area contributed by atoms with Crippen LogP contribution < -0.4 is 17.0 Å². The van der Waals surface area contributed by atoms with E-state index in [1.165, 1.54) is 0 Å². The van der Waals surface area contributed by atoms with Gasteiger partial charge in [-0.3, -0.25) is 0 Å². The van der Waals surface area contributed by atoms with Crippen molar-refractivity contribution in [2.75, 3.05) is 0 Å². The van der Waals surface area contributed by atoms with Gasteiger partial charge in [0.05, 0.1) is 0 Å². The van der Waals surface area contributed by atoms with Crippen LogP contribution in [0, 0.1) is 38.5 Å². The fourth-order valence-electron chi connectivity index (χ4n) is 0. The molecule has 2 heteroatoms. The van der Waals surface area contributed by atoms with E-state index in [1.807, 2.05) is 0 Å². The van der Waals surface area contributed by atoms with Crippen LogP contribution in [0.25, 0.3) is 0 Å². The monoisotopic (exact) mass is 340 g/mol. The molecule has 0 fully saturated rings. The van der Waals surface area contributed by atoms with E-state index in [4.69, 9.17) is 0 Å². The molecule has 0 saturated carbocycles. The van der Waals surface area contributed by atoms with Crippen molar-refractivity contribution in [3.8, 4) is 0 Å². The van der Waals surface area contributed by atoms with Gasteiger partial charge in [0.1, 0.15) is 0 Å². The van der Waals surface area contributed by atoms with E-state index in [9.17, 15) is 0 Å². The first kappa shape index (κ1) is 29.5. The molecule has 0 amide bonds. The van der Waals surface area contributed by atoms with Crippen LogP contribution in [-0.2, 0) is 26.2 Å². The van der Waals surface area contributed by atoms with Crippen molar-refractivity contribution in [3.63, 3.8) is 0 Å². The molecule has 0 radical (unpaired) electrons. The largest absolute Gasteiger partial charge is 4.00 e. The van der Waals surface area contributed by atoms with Gasteiger partial charge in [-0.2, -0.15) is 17.8 Å². The standard InChI is InChI=1S/3C4H9.BrH.Zr/c3*1-4(2)3;;/h3*4H,1H2,2-3H3;1H;/q3*-1;;+4/p-1. The Morgan fingerprint density at radius 3 is 0.571 bits per heavy atom. The third-order valence-electron chi connectivity index (χ3n) is 0. The molecule has 0 bridgehead atoms. The summed E-state index contributed by atoms with van der Waals surface area (Å²) in [6.45, 7) is 23.2. The summed E-state index contributed by atoms with van der Waals surface area (Å²) in [5.74, 6) is 1.75. The van der Waals surface area contributed by atoms with E-state index in [-0.39, 0.29) is 43.2 Å². The Hall–Kier alpha value is 1.36. The molecule has 0 spiro atoms. The maximum Gasteiger partial charge on any atom is 4.00 e. The molecular formula is C12H27BrZr. The molecule has 0 atom stereocenters. The van der Waals surface area contributed by atoms with E-state index in [2.05, 4.69) is 62.3 Å². The average molecular weight is 342 g/mol. The molecule has 0 aromatic carbocycles. The van der Waals surface area contributed by atoms with Crippen molar-refractivity contribution in [1.29, 1.82) is 0 Å². The molecule has 0 aromatic rings. The zero-order valence-electron chi connectivity index (χ0n) is 10.7. The van der Waals surface area contributed by atoms with Gasteiger partial charge >= 0.3 is 26.2 Å². The Balaban J connectivity index is -0.0000000270. The van der Waals surface area contributed by atoms with Gasteiger partial charge in [0, 0.05) is 0 Å². The van der Waals surface area contributed by atoms with Crippen LogP contribution in [0.4, 0.5) is 0 Å². The van der Waals surface area contributed by atoms with Crippen LogP contribution in [0.2, 0.25) is 0 Å². The van der Waals surface area contributed by atoms with E-state index in [0.29, 0.717) is 17.8 Å².